The highest BCUT2D eigenvalue weighted by molar-refractivity contribution is 6.69. The molecule has 5 nitrogen and oxygen atoms in total. The molecule has 2 N–H and O–H groups in total. The molecule has 0 spiro atoms. The second-order valence-electron chi connectivity index (χ2n) is 8.24. The van der Waals surface area contributed by atoms with Crippen molar-refractivity contribution in [3.63, 3.8) is 0 Å². The summed E-state index contributed by atoms with van der Waals surface area (Å²) < 4.78 is 12.3. The Morgan fingerprint density at radius 3 is 2.24 bits per heavy atom. The second-order valence-corrected chi connectivity index (χ2v) is 12.7. The zero-order valence-electron chi connectivity index (χ0n) is 14.2. The summed E-state index contributed by atoms with van der Waals surface area (Å²) in [6, 6.07) is 0. The van der Waals surface area contributed by atoms with Crippen LogP contribution in [0.1, 0.15) is 33.6 Å². The maximum absolute atomic E-state index is 11.4. The van der Waals surface area contributed by atoms with E-state index in [1.54, 1.807) is 7.11 Å². The van der Waals surface area contributed by atoms with Crippen LogP contribution in [0.15, 0.2) is 0 Å². The van der Waals surface area contributed by atoms with Crippen molar-refractivity contribution in [3.8, 4) is 0 Å². The number of ether oxygens (including phenoxy) is 1. The first-order valence-corrected chi connectivity index (χ1v) is 11.0. The lowest BCUT2D eigenvalue weighted by Gasteiger charge is -2.73. The number of rotatable bonds is 4. The van der Waals surface area contributed by atoms with Gasteiger partial charge in [-0.2, -0.15) is 0 Å². The van der Waals surface area contributed by atoms with Crippen LogP contribution in [0.5, 0.6) is 0 Å². The Hall–Kier alpha value is -0.593. The monoisotopic (exact) mass is 315 g/mol. The Bertz CT molecular complexity index is 447. The average Bonchev–Trinajstić information content (AvgIpc) is 2.28. The summed E-state index contributed by atoms with van der Waals surface area (Å²) in [5.41, 5.74) is -1.30. The molecule has 3 fully saturated rings. The van der Waals surface area contributed by atoms with E-state index in [1.807, 2.05) is 6.92 Å². The Kier molecular flexibility index (Phi) is 3.75. The fourth-order valence-electron chi connectivity index (χ4n) is 4.63. The van der Waals surface area contributed by atoms with E-state index in [2.05, 4.69) is 38.8 Å². The van der Waals surface area contributed by atoms with Gasteiger partial charge in [0.05, 0.1) is 17.2 Å². The van der Waals surface area contributed by atoms with Crippen LogP contribution in [0.2, 0.25) is 19.6 Å². The van der Waals surface area contributed by atoms with Crippen molar-refractivity contribution in [2.45, 2.75) is 70.5 Å². The first kappa shape index (κ1) is 16.8. The fraction of sp³-hybridized carbons (Fsp3) is 0.933. The minimum atomic E-state index is -1.77. The quantitative estimate of drug-likeness (QED) is 0.782. The molecule has 1 amide bonds. The van der Waals surface area contributed by atoms with Crippen molar-refractivity contribution >= 4 is 14.4 Å². The fourth-order valence-corrected chi connectivity index (χ4v) is 5.82. The van der Waals surface area contributed by atoms with E-state index in [1.165, 1.54) is 0 Å². The molecule has 21 heavy (non-hydrogen) atoms. The third kappa shape index (κ3) is 2.23. The van der Waals surface area contributed by atoms with Gasteiger partial charge in [-0.1, -0.05) is 13.8 Å². The van der Waals surface area contributed by atoms with Crippen LogP contribution in [-0.2, 0) is 9.16 Å². The van der Waals surface area contributed by atoms with Crippen molar-refractivity contribution in [3.05, 3.63) is 0 Å². The van der Waals surface area contributed by atoms with Gasteiger partial charge in [0.15, 0.2) is 8.32 Å². The summed E-state index contributed by atoms with van der Waals surface area (Å²) in [7, 11) is -0.0829. The van der Waals surface area contributed by atoms with Crippen LogP contribution in [0, 0.1) is 11.3 Å². The van der Waals surface area contributed by atoms with Gasteiger partial charge >= 0.3 is 6.09 Å². The molecule has 122 valence electrons. The molecule has 0 saturated heterocycles. The summed E-state index contributed by atoms with van der Waals surface area (Å²) in [5.74, 6) is 0.516. The van der Waals surface area contributed by atoms with Crippen LogP contribution >= 0.6 is 0 Å². The van der Waals surface area contributed by atoms with Crippen LogP contribution in [0.3, 0.4) is 0 Å². The largest absolute Gasteiger partial charge is 0.465 e. The molecular formula is C15H29NO4Si. The van der Waals surface area contributed by atoms with Gasteiger partial charge in [0.1, 0.15) is 0 Å². The third-order valence-corrected chi connectivity index (χ3v) is 6.78. The third-order valence-electron chi connectivity index (χ3n) is 5.79. The zero-order valence-corrected chi connectivity index (χ0v) is 15.2. The highest BCUT2D eigenvalue weighted by Gasteiger charge is 2.75. The van der Waals surface area contributed by atoms with Gasteiger partial charge < -0.3 is 19.6 Å². The van der Waals surface area contributed by atoms with Gasteiger partial charge in [0, 0.05) is 7.11 Å². The molecule has 0 heterocycles. The Labute approximate surface area is 128 Å². The molecule has 0 aliphatic heterocycles. The molecule has 3 aliphatic rings. The number of fused-ring (bicyclic) bond motifs is 2. The summed E-state index contributed by atoms with van der Waals surface area (Å²) in [5, 5.41) is 12.1. The highest BCUT2D eigenvalue weighted by Crippen LogP contribution is 2.67. The first-order valence-electron chi connectivity index (χ1n) is 7.64. The summed E-state index contributed by atoms with van der Waals surface area (Å²) in [6.07, 6.45) is 0.629. The molecule has 0 aromatic heterocycles. The smallest absolute Gasteiger partial charge is 0.405 e. The number of carboxylic acid groups (broad SMARTS) is 1. The first-order chi connectivity index (χ1) is 9.39. The zero-order chi connectivity index (χ0) is 16.3. The van der Waals surface area contributed by atoms with Crippen LogP contribution in [-0.4, -0.2) is 43.9 Å². The number of carbonyl (C=O) groups is 1. The van der Waals surface area contributed by atoms with E-state index < -0.39 is 25.6 Å². The molecule has 3 rings (SSSR count). The van der Waals surface area contributed by atoms with Gasteiger partial charge in [-0.25, -0.2) is 4.79 Å². The summed E-state index contributed by atoms with van der Waals surface area (Å²) >= 11 is 0. The number of methoxy groups -OCH3 is 1. The van der Waals surface area contributed by atoms with Crippen LogP contribution < -0.4 is 5.32 Å². The molecule has 3 aliphatic carbocycles. The van der Waals surface area contributed by atoms with Gasteiger partial charge in [-0.3, -0.25) is 0 Å². The van der Waals surface area contributed by atoms with Crippen molar-refractivity contribution in [1.29, 1.82) is 0 Å². The highest BCUT2D eigenvalue weighted by atomic mass is 28.4. The van der Waals surface area contributed by atoms with E-state index in [0.717, 1.165) is 12.8 Å². The Morgan fingerprint density at radius 2 is 1.86 bits per heavy atom. The predicted octanol–water partition coefficient (Wildman–Crippen LogP) is 3.07. The summed E-state index contributed by atoms with van der Waals surface area (Å²) in [4.78, 5) is 11.4. The Balaban J connectivity index is 2.43. The van der Waals surface area contributed by atoms with Gasteiger partial charge in [0.25, 0.3) is 0 Å². The second kappa shape index (κ2) is 4.70. The van der Waals surface area contributed by atoms with Crippen molar-refractivity contribution < 1.29 is 19.1 Å². The molecular weight excluding hydrogens is 286 g/mol. The SMILES string of the molecule is COC12CC(CC(O[Si](C)(C)C)C1(C)NC(=O)O)C2(C)C. The normalized spacial score (nSPS) is 41.3. The molecule has 0 aromatic rings. The summed E-state index contributed by atoms with van der Waals surface area (Å²) in [6.45, 7) is 12.7. The number of hydrogen-bond acceptors (Lipinski definition) is 3. The number of amides is 1. The van der Waals surface area contributed by atoms with Crippen LogP contribution in [0.4, 0.5) is 4.79 Å². The predicted molar refractivity (Wildman–Crippen MR) is 84.0 cm³/mol. The maximum atomic E-state index is 11.4. The maximum Gasteiger partial charge on any atom is 0.405 e. The van der Waals surface area contributed by atoms with Gasteiger partial charge in [-0.15, -0.1) is 0 Å². The van der Waals surface area contributed by atoms with E-state index in [0.29, 0.717) is 5.92 Å². The Morgan fingerprint density at radius 1 is 1.29 bits per heavy atom. The molecule has 6 heteroatoms. The number of hydrogen-bond donors (Lipinski definition) is 2. The van der Waals surface area contributed by atoms with Crippen molar-refractivity contribution in [2.75, 3.05) is 7.11 Å². The molecule has 4 atom stereocenters. The topological polar surface area (TPSA) is 67.8 Å². The molecule has 0 aromatic carbocycles. The van der Waals surface area contributed by atoms with Crippen LogP contribution in [0.25, 0.3) is 0 Å². The molecule has 3 saturated carbocycles. The number of nitrogens with one attached hydrogen (secondary N) is 1. The minimum absolute atomic E-state index is 0.0573. The van der Waals surface area contributed by atoms with E-state index in [-0.39, 0.29) is 11.5 Å². The lowest BCUT2D eigenvalue weighted by Crippen LogP contribution is -2.84. The average molecular weight is 315 g/mol. The van der Waals surface area contributed by atoms with E-state index >= 15 is 0 Å². The van der Waals surface area contributed by atoms with E-state index in [4.69, 9.17) is 9.16 Å². The van der Waals surface area contributed by atoms with Gasteiger partial charge in [0.2, 0.25) is 0 Å². The lowest BCUT2D eigenvalue weighted by molar-refractivity contribution is -0.302. The molecule has 2 bridgehead atoms. The standard InChI is InChI=1S/C15H29NO4Si/c1-13(2)10-8-11(20-21(5,6)7)14(3,16-12(17)18)15(13,9-10)19-4/h10-11,16H,8-9H2,1-7H3,(H,17,18). The van der Waals surface area contributed by atoms with Crippen molar-refractivity contribution in [1.82, 2.24) is 5.32 Å². The minimum Gasteiger partial charge on any atom is -0.465 e. The van der Waals surface area contributed by atoms with Crippen molar-refractivity contribution in [2.24, 2.45) is 11.3 Å². The lowest BCUT2D eigenvalue weighted by atomic mass is 9.39. The van der Waals surface area contributed by atoms with Gasteiger partial charge in [-0.05, 0) is 50.7 Å². The molecule has 0 radical (unpaired) electrons. The van der Waals surface area contributed by atoms with E-state index in [9.17, 15) is 9.90 Å². The molecule has 4 unspecified atom stereocenters.